The van der Waals surface area contributed by atoms with E-state index in [4.69, 9.17) is 11.6 Å². The average molecular weight is 428 g/mol. The molecule has 2 heterocycles. The van der Waals surface area contributed by atoms with Gasteiger partial charge in [0.1, 0.15) is 9.50 Å². The summed E-state index contributed by atoms with van der Waals surface area (Å²) in [5, 5.41) is 0.0729. The SMILES string of the molecule is O=S(=O)(Nc1ncc(Br)nc1Br)c1cnccc1Cl. The predicted molar refractivity (Wildman–Crippen MR) is 77.5 cm³/mol. The first kappa shape index (κ1) is 14.6. The lowest BCUT2D eigenvalue weighted by molar-refractivity contribution is 0.600. The molecule has 100 valence electrons. The van der Waals surface area contributed by atoms with E-state index in [9.17, 15) is 8.42 Å². The third-order valence-corrected chi connectivity index (χ3v) is 4.70. The monoisotopic (exact) mass is 426 g/mol. The van der Waals surface area contributed by atoms with Crippen LogP contribution in [-0.4, -0.2) is 23.4 Å². The van der Waals surface area contributed by atoms with Crippen molar-refractivity contribution in [3.05, 3.63) is 38.9 Å². The molecule has 0 bridgehead atoms. The summed E-state index contributed by atoms with van der Waals surface area (Å²) in [6.45, 7) is 0. The molecule has 0 aromatic carbocycles. The third kappa shape index (κ3) is 3.41. The van der Waals surface area contributed by atoms with Crippen LogP contribution in [0.25, 0.3) is 0 Å². The molecule has 2 aromatic rings. The lowest BCUT2D eigenvalue weighted by Crippen LogP contribution is -2.15. The molecule has 2 rings (SSSR count). The van der Waals surface area contributed by atoms with E-state index in [1.165, 1.54) is 18.5 Å². The summed E-state index contributed by atoms with van der Waals surface area (Å²) in [6.07, 6.45) is 3.93. The summed E-state index contributed by atoms with van der Waals surface area (Å²) in [6, 6.07) is 1.39. The maximum Gasteiger partial charge on any atom is 0.266 e. The number of anilines is 1. The molecule has 0 spiro atoms. The predicted octanol–water partition coefficient (Wildman–Crippen LogP) is 2.85. The third-order valence-electron chi connectivity index (χ3n) is 1.96. The van der Waals surface area contributed by atoms with Crippen molar-refractivity contribution in [2.45, 2.75) is 4.90 Å². The first-order chi connectivity index (χ1) is 8.90. The molecule has 0 atom stereocenters. The van der Waals surface area contributed by atoms with Crippen LogP contribution in [0.3, 0.4) is 0 Å². The van der Waals surface area contributed by atoms with Crippen molar-refractivity contribution in [3.8, 4) is 0 Å². The molecule has 6 nitrogen and oxygen atoms in total. The molecule has 0 amide bonds. The van der Waals surface area contributed by atoms with Crippen LogP contribution in [0.1, 0.15) is 0 Å². The Morgan fingerprint density at radius 2 is 2.00 bits per heavy atom. The summed E-state index contributed by atoms with van der Waals surface area (Å²) in [7, 11) is -3.87. The molecule has 0 radical (unpaired) electrons. The Hall–Kier alpha value is -0.770. The van der Waals surface area contributed by atoms with E-state index in [-0.39, 0.29) is 20.3 Å². The Labute approximate surface area is 130 Å². The molecule has 0 aliphatic rings. The zero-order chi connectivity index (χ0) is 14.0. The molecular weight excluding hydrogens is 423 g/mol. The Balaban J connectivity index is 2.40. The number of nitrogens with one attached hydrogen (secondary N) is 1. The Bertz CT molecular complexity index is 726. The van der Waals surface area contributed by atoms with Gasteiger partial charge in [0, 0.05) is 12.4 Å². The number of halogens is 3. The van der Waals surface area contributed by atoms with Gasteiger partial charge in [-0.25, -0.2) is 18.4 Å². The zero-order valence-corrected chi connectivity index (χ0v) is 13.8. The van der Waals surface area contributed by atoms with Crippen molar-refractivity contribution in [2.24, 2.45) is 0 Å². The highest BCUT2D eigenvalue weighted by Gasteiger charge is 2.20. The Morgan fingerprint density at radius 3 is 2.63 bits per heavy atom. The van der Waals surface area contributed by atoms with Crippen LogP contribution in [0.4, 0.5) is 5.82 Å². The second-order valence-electron chi connectivity index (χ2n) is 3.24. The highest BCUT2D eigenvalue weighted by molar-refractivity contribution is 9.11. The van der Waals surface area contributed by atoms with Crippen LogP contribution in [0.5, 0.6) is 0 Å². The van der Waals surface area contributed by atoms with Crippen LogP contribution < -0.4 is 4.72 Å². The molecule has 0 unspecified atom stereocenters. The van der Waals surface area contributed by atoms with E-state index in [0.717, 1.165) is 6.20 Å². The molecule has 0 aliphatic heterocycles. The van der Waals surface area contributed by atoms with E-state index in [0.29, 0.717) is 4.60 Å². The summed E-state index contributed by atoms with van der Waals surface area (Å²) in [5.41, 5.74) is 0. The first-order valence-corrected chi connectivity index (χ1v) is 8.15. The largest absolute Gasteiger partial charge is 0.266 e. The van der Waals surface area contributed by atoms with E-state index in [1.807, 2.05) is 0 Å². The van der Waals surface area contributed by atoms with Gasteiger partial charge in [0.05, 0.1) is 11.2 Å². The topological polar surface area (TPSA) is 84.8 Å². The fourth-order valence-electron chi connectivity index (χ4n) is 1.16. The van der Waals surface area contributed by atoms with Gasteiger partial charge in [0.15, 0.2) is 10.4 Å². The number of aromatic nitrogens is 3. The molecule has 2 aromatic heterocycles. The fourth-order valence-corrected chi connectivity index (χ4v) is 3.65. The number of hydrogen-bond donors (Lipinski definition) is 1. The van der Waals surface area contributed by atoms with E-state index in [1.54, 1.807) is 0 Å². The lowest BCUT2D eigenvalue weighted by Gasteiger charge is -2.09. The van der Waals surface area contributed by atoms with Crippen molar-refractivity contribution in [2.75, 3.05) is 4.72 Å². The minimum Gasteiger partial charge on any atom is -0.263 e. The number of rotatable bonds is 3. The normalized spacial score (nSPS) is 11.3. The fraction of sp³-hybridized carbons (Fsp3) is 0. The molecule has 0 aliphatic carbocycles. The minimum atomic E-state index is -3.87. The highest BCUT2D eigenvalue weighted by Crippen LogP contribution is 2.25. The molecule has 0 saturated carbocycles. The highest BCUT2D eigenvalue weighted by atomic mass is 79.9. The van der Waals surface area contributed by atoms with Crippen LogP contribution in [0.2, 0.25) is 5.02 Å². The number of pyridine rings is 1. The van der Waals surface area contributed by atoms with Crippen LogP contribution in [0, 0.1) is 0 Å². The van der Waals surface area contributed by atoms with Crippen LogP contribution in [0.15, 0.2) is 38.8 Å². The van der Waals surface area contributed by atoms with Crippen molar-refractivity contribution in [3.63, 3.8) is 0 Å². The molecule has 1 N–H and O–H groups in total. The zero-order valence-electron chi connectivity index (χ0n) is 9.01. The molecular formula is C9H5Br2ClN4O2S. The maximum absolute atomic E-state index is 12.1. The first-order valence-electron chi connectivity index (χ1n) is 4.70. The van der Waals surface area contributed by atoms with Gasteiger partial charge in [-0.1, -0.05) is 11.6 Å². The van der Waals surface area contributed by atoms with E-state index >= 15 is 0 Å². The van der Waals surface area contributed by atoms with Gasteiger partial charge >= 0.3 is 0 Å². The van der Waals surface area contributed by atoms with E-state index < -0.39 is 10.0 Å². The van der Waals surface area contributed by atoms with E-state index in [2.05, 4.69) is 51.5 Å². The van der Waals surface area contributed by atoms with Crippen LogP contribution >= 0.6 is 43.5 Å². The Morgan fingerprint density at radius 1 is 1.26 bits per heavy atom. The van der Waals surface area contributed by atoms with Gasteiger partial charge in [-0.3, -0.25) is 9.71 Å². The average Bonchev–Trinajstić information content (AvgIpc) is 2.33. The number of hydrogen-bond acceptors (Lipinski definition) is 5. The van der Waals surface area contributed by atoms with Gasteiger partial charge in [-0.05, 0) is 37.9 Å². The second-order valence-corrected chi connectivity index (χ2v) is 6.87. The van der Waals surface area contributed by atoms with Crippen molar-refractivity contribution in [1.29, 1.82) is 0 Å². The number of nitrogens with zero attached hydrogens (tertiary/aromatic N) is 3. The van der Waals surface area contributed by atoms with Gasteiger partial charge in [0.2, 0.25) is 0 Å². The minimum absolute atomic E-state index is 0.0584. The quantitative estimate of drug-likeness (QED) is 0.813. The maximum atomic E-state index is 12.1. The summed E-state index contributed by atoms with van der Waals surface area (Å²) in [4.78, 5) is 11.5. The lowest BCUT2D eigenvalue weighted by atomic mass is 10.5. The smallest absolute Gasteiger partial charge is 0.263 e. The van der Waals surface area contributed by atoms with Gasteiger partial charge in [-0.15, -0.1) is 0 Å². The molecule has 0 saturated heterocycles. The number of sulfonamides is 1. The summed E-state index contributed by atoms with van der Waals surface area (Å²) >= 11 is 12.1. The van der Waals surface area contributed by atoms with Crippen molar-refractivity contribution < 1.29 is 8.42 Å². The van der Waals surface area contributed by atoms with Gasteiger partial charge < -0.3 is 0 Å². The second kappa shape index (κ2) is 5.70. The van der Waals surface area contributed by atoms with Crippen molar-refractivity contribution in [1.82, 2.24) is 15.0 Å². The summed E-state index contributed by atoms with van der Waals surface area (Å²) < 4.78 is 27.3. The molecule has 0 fully saturated rings. The van der Waals surface area contributed by atoms with Crippen molar-refractivity contribution >= 4 is 59.3 Å². The van der Waals surface area contributed by atoms with Gasteiger partial charge in [-0.2, -0.15) is 0 Å². The molecule has 19 heavy (non-hydrogen) atoms. The summed E-state index contributed by atoms with van der Waals surface area (Å²) in [5.74, 6) is 0.0584. The van der Waals surface area contributed by atoms with Crippen LogP contribution in [-0.2, 0) is 10.0 Å². The Kier molecular flexibility index (Phi) is 4.39. The standard InChI is InChI=1S/C9H5Br2ClN4O2S/c10-7-4-14-9(8(11)15-7)16-19(17,18)6-3-13-2-1-5(6)12/h1-4H,(H,14,16). The van der Waals surface area contributed by atoms with Gasteiger partial charge in [0.25, 0.3) is 10.0 Å². The molecule has 10 heteroatoms.